The van der Waals surface area contributed by atoms with Gasteiger partial charge in [0, 0.05) is 37.2 Å². The molecule has 3 aromatic rings. The normalized spacial score (nSPS) is 15.9. The topological polar surface area (TPSA) is 51.3 Å². The predicted molar refractivity (Wildman–Crippen MR) is 96.8 cm³/mol. The van der Waals surface area contributed by atoms with E-state index in [0.29, 0.717) is 22.9 Å². The van der Waals surface area contributed by atoms with E-state index in [0.717, 1.165) is 25.9 Å². The minimum atomic E-state index is 0.0487. The number of nitrogens with zero attached hydrogens (tertiary/aromatic N) is 3. The van der Waals surface area contributed by atoms with Crippen molar-refractivity contribution in [1.29, 1.82) is 0 Å². The van der Waals surface area contributed by atoms with Gasteiger partial charge in [-0.25, -0.2) is 0 Å². The maximum atomic E-state index is 12.8. The number of benzene rings is 1. The van der Waals surface area contributed by atoms with Crippen LogP contribution in [0.25, 0.3) is 10.9 Å². The Morgan fingerprint density at radius 3 is 2.60 bits per heavy atom. The minimum absolute atomic E-state index is 0.0487. The van der Waals surface area contributed by atoms with Crippen molar-refractivity contribution in [3.05, 3.63) is 53.0 Å². The van der Waals surface area contributed by atoms with E-state index in [1.54, 1.807) is 6.92 Å². The van der Waals surface area contributed by atoms with Gasteiger partial charge in [-0.3, -0.25) is 4.79 Å². The van der Waals surface area contributed by atoms with Crippen molar-refractivity contribution in [2.45, 2.75) is 32.6 Å². The minimum Gasteiger partial charge on any atom is -0.361 e. The second kappa shape index (κ2) is 6.06. The average Bonchev–Trinajstić information content (AvgIpc) is 3.14. The molecule has 4 rings (SSSR count). The number of rotatable bonds is 2. The zero-order valence-corrected chi connectivity index (χ0v) is 15.0. The van der Waals surface area contributed by atoms with Gasteiger partial charge in [0.2, 0.25) is 0 Å². The molecule has 0 N–H and O–H groups in total. The number of aryl methyl sites for hydroxylation is 3. The van der Waals surface area contributed by atoms with Crippen LogP contribution in [0, 0.1) is 13.8 Å². The second-order valence-electron chi connectivity index (χ2n) is 6.98. The van der Waals surface area contributed by atoms with Crippen molar-refractivity contribution < 1.29 is 9.32 Å². The summed E-state index contributed by atoms with van der Waals surface area (Å²) in [5, 5.41) is 5.24. The first-order valence-electron chi connectivity index (χ1n) is 8.82. The van der Waals surface area contributed by atoms with Crippen LogP contribution < -0.4 is 0 Å². The van der Waals surface area contributed by atoms with E-state index < -0.39 is 0 Å². The number of hydrogen-bond donors (Lipinski definition) is 0. The fraction of sp³-hybridized carbons (Fsp3) is 0.400. The van der Waals surface area contributed by atoms with Crippen molar-refractivity contribution in [1.82, 2.24) is 14.6 Å². The second-order valence-corrected chi connectivity index (χ2v) is 6.98. The zero-order chi connectivity index (χ0) is 17.6. The molecular formula is C20H23N3O2. The Bertz CT molecular complexity index is 910. The van der Waals surface area contributed by atoms with Crippen LogP contribution in [0.15, 0.2) is 35.0 Å². The van der Waals surface area contributed by atoms with Gasteiger partial charge < -0.3 is 14.0 Å². The van der Waals surface area contributed by atoms with E-state index in [4.69, 9.17) is 4.52 Å². The van der Waals surface area contributed by atoms with Crippen molar-refractivity contribution in [2.24, 2.45) is 7.05 Å². The lowest BCUT2D eigenvalue weighted by Gasteiger charge is -2.32. The third-order valence-electron chi connectivity index (χ3n) is 5.40. The number of hydrogen-bond acceptors (Lipinski definition) is 3. The van der Waals surface area contributed by atoms with Crippen LogP contribution >= 0.6 is 0 Å². The smallest absolute Gasteiger partial charge is 0.259 e. The highest BCUT2D eigenvalue weighted by Gasteiger charge is 2.29. The molecule has 5 heteroatoms. The lowest BCUT2D eigenvalue weighted by atomic mass is 9.89. The van der Waals surface area contributed by atoms with Crippen LogP contribution in [-0.4, -0.2) is 33.6 Å². The van der Waals surface area contributed by atoms with Gasteiger partial charge in [0.05, 0.1) is 5.69 Å². The number of amides is 1. The lowest BCUT2D eigenvalue weighted by Crippen LogP contribution is -2.38. The molecule has 1 amide bonds. The van der Waals surface area contributed by atoms with Crippen LogP contribution in [0.4, 0.5) is 0 Å². The summed E-state index contributed by atoms with van der Waals surface area (Å²) in [5.74, 6) is 1.16. The molecule has 1 fully saturated rings. The molecule has 25 heavy (non-hydrogen) atoms. The average molecular weight is 337 g/mol. The third kappa shape index (κ3) is 2.64. The number of para-hydroxylation sites is 1. The number of fused-ring (bicyclic) bond motifs is 1. The zero-order valence-electron chi connectivity index (χ0n) is 15.0. The van der Waals surface area contributed by atoms with Crippen LogP contribution in [-0.2, 0) is 7.05 Å². The van der Waals surface area contributed by atoms with E-state index in [2.05, 4.69) is 47.2 Å². The first-order valence-corrected chi connectivity index (χ1v) is 8.82. The highest BCUT2D eigenvalue weighted by molar-refractivity contribution is 5.96. The van der Waals surface area contributed by atoms with Crippen molar-refractivity contribution >= 4 is 16.8 Å². The summed E-state index contributed by atoms with van der Waals surface area (Å²) in [6.07, 6.45) is 4.23. The molecule has 2 aromatic heterocycles. The van der Waals surface area contributed by atoms with Crippen molar-refractivity contribution in [2.75, 3.05) is 13.1 Å². The highest BCUT2D eigenvalue weighted by Crippen LogP contribution is 2.34. The SMILES string of the molecule is Cc1noc(C)c1C(=O)N1CCC(c2cn(C)c3ccccc23)CC1. The number of carbonyl (C=O) groups is 1. The van der Waals surface area contributed by atoms with Crippen LogP contribution in [0.1, 0.15) is 46.1 Å². The molecule has 1 saturated heterocycles. The molecule has 0 saturated carbocycles. The van der Waals surface area contributed by atoms with E-state index in [1.165, 1.54) is 16.5 Å². The fourth-order valence-electron chi connectivity index (χ4n) is 4.04. The molecule has 0 bridgehead atoms. The summed E-state index contributed by atoms with van der Waals surface area (Å²) in [4.78, 5) is 14.7. The Labute approximate surface area is 147 Å². The van der Waals surface area contributed by atoms with Gasteiger partial charge in [0.1, 0.15) is 11.3 Å². The number of aromatic nitrogens is 2. The van der Waals surface area contributed by atoms with Crippen LogP contribution in [0.3, 0.4) is 0 Å². The Balaban J connectivity index is 1.52. The molecule has 130 valence electrons. The molecule has 1 aromatic carbocycles. The molecule has 0 radical (unpaired) electrons. The first-order chi connectivity index (χ1) is 12.1. The highest BCUT2D eigenvalue weighted by atomic mass is 16.5. The summed E-state index contributed by atoms with van der Waals surface area (Å²) >= 11 is 0. The maximum absolute atomic E-state index is 12.8. The number of likely N-dealkylation sites (tertiary alicyclic amines) is 1. The molecule has 0 aliphatic carbocycles. The maximum Gasteiger partial charge on any atom is 0.259 e. The van der Waals surface area contributed by atoms with Gasteiger partial charge in [0.25, 0.3) is 5.91 Å². The third-order valence-corrected chi connectivity index (χ3v) is 5.40. The van der Waals surface area contributed by atoms with E-state index in [1.807, 2.05) is 11.8 Å². The number of carbonyl (C=O) groups excluding carboxylic acids is 1. The summed E-state index contributed by atoms with van der Waals surface area (Å²) < 4.78 is 7.35. The Kier molecular flexibility index (Phi) is 3.86. The molecule has 0 spiro atoms. The molecule has 3 heterocycles. The summed E-state index contributed by atoms with van der Waals surface area (Å²) in [7, 11) is 2.10. The Morgan fingerprint density at radius 1 is 1.20 bits per heavy atom. The van der Waals surface area contributed by atoms with Crippen molar-refractivity contribution in [3.8, 4) is 0 Å². The molecule has 1 aliphatic heterocycles. The molecular weight excluding hydrogens is 314 g/mol. The summed E-state index contributed by atoms with van der Waals surface area (Å²) in [5.41, 5.74) is 3.98. The summed E-state index contributed by atoms with van der Waals surface area (Å²) in [6.45, 7) is 5.18. The van der Waals surface area contributed by atoms with Crippen molar-refractivity contribution in [3.63, 3.8) is 0 Å². The van der Waals surface area contributed by atoms with Gasteiger partial charge in [-0.15, -0.1) is 0 Å². The largest absolute Gasteiger partial charge is 0.361 e. The lowest BCUT2D eigenvalue weighted by molar-refractivity contribution is 0.0711. The van der Waals surface area contributed by atoms with Crippen LogP contribution in [0.5, 0.6) is 0 Å². The van der Waals surface area contributed by atoms with E-state index in [9.17, 15) is 4.79 Å². The van der Waals surface area contributed by atoms with Gasteiger partial charge in [-0.1, -0.05) is 23.4 Å². The Hall–Kier alpha value is -2.56. The van der Waals surface area contributed by atoms with Gasteiger partial charge >= 0.3 is 0 Å². The monoisotopic (exact) mass is 337 g/mol. The molecule has 1 aliphatic rings. The Morgan fingerprint density at radius 2 is 1.92 bits per heavy atom. The predicted octanol–water partition coefficient (Wildman–Crippen LogP) is 3.80. The van der Waals surface area contributed by atoms with Gasteiger partial charge in [-0.05, 0) is 44.2 Å². The first kappa shape index (κ1) is 15.9. The quantitative estimate of drug-likeness (QED) is 0.714. The molecule has 0 atom stereocenters. The molecule has 5 nitrogen and oxygen atoms in total. The standard InChI is InChI=1S/C20H23N3O2/c1-13-19(14(2)25-21-13)20(24)23-10-8-15(9-11-23)17-12-22(3)18-7-5-4-6-16(17)18/h4-7,12,15H,8-11H2,1-3H3. The van der Waals surface area contributed by atoms with E-state index in [-0.39, 0.29) is 5.91 Å². The van der Waals surface area contributed by atoms with Crippen LogP contribution in [0.2, 0.25) is 0 Å². The van der Waals surface area contributed by atoms with Gasteiger partial charge in [-0.2, -0.15) is 0 Å². The number of piperidine rings is 1. The van der Waals surface area contributed by atoms with E-state index >= 15 is 0 Å². The van der Waals surface area contributed by atoms with Gasteiger partial charge in [0.15, 0.2) is 0 Å². The molecule has 0 unspecified atom stereocenters. The fourth-order valence-corrected chi connectivity index (χ4v) is 4.04. The summed E-state index contributed by atoms with van der Waals surface area (Å²) in [6, 6.07) is 8.54.